The van der Waals surface area contributed by atoms with Crippen molar-refractivity contribution in [2.75, 3.05) is 19.6 Å². The Hall–Kier alpha value is -1.94. The molecule has 1 aromatic rings. The fourth-order valence-electron chi connectivity index (χ4n) is 2.32. The number of benzene rings is 1. The van der Waals surface area contributed by atoms with Crippen molar-refractivity contribution < 1.29 is 9.59 Å². The predicted octanol–water partition coefficient (Wildman–Crippen LogP) is 1.90. The number of aryl methyl sites for hydroxylation is 1. The second kappa shape index (κ2) is 7.01. The molecule has 0 radical (unpaired) electrons. The molecule has 4 nitrogen and oxygen atoms in total. The summed E-state index contributed by atoms with van der Waals surface area (Å²) in [6.45, 7) is 4.11. The molecule has 1 aromatic carbocycles. The number of rotatable bonds is 4. The lowest BCUT2D eigenvalue weighted by molar-refractivity contribution is -0.115. The van der Waals surface area contributed by atoms with Gasteiger partial charge in [0.25, 0.3) is 5.91 Å². The Morgan fingerprint density at radius 1 is 1.40 bits per heavy atom. The maximum absolute atomic E-state index is 12.3. The van der Waals surface area contributed by atoms with E-state index in [0.29, 0.717) is 18.5 Å². The summed E-state index contributed by atoms with van der Waals surface area (Å²) in [5, 5.41) is 3.29. The lowest BCUT2D eigenvalue weighted by atomic mass is 10.1. The topological polar surface area (TPSA) is 49.4 Å². The first-order valence-electron chi connectivity index (χ1n) is 6.93. The zero-order valence-corrected chi connectivity index (χ0v) is 11.8. The maximum Gasteiger partial charge on any atom is 0.260 e. The first kappa shape index (κ1) is 14.5. The van der Waals surface area contributed by atoms with E-state index in [1.165, 1.54) is 10.5 Å². The van der Waals surface area contributed by atoms with Gasteiger partial charge < -0.3 is 5.32 Å². The number of carbonyl (C=O) groups excluding carboxylic acids is 2. The minimum absolute atomic E-state index is 0.237. The van der Waals surface area contributed by atoms with Crippen molar-refractivity contribution in [3.8, 4) is 0 Å². The van der Waals surface area contributed by atoms with Crippen LogP contribution in [-0.4, -0.2) is 36.9 Å². The molecule has 0 atom stereocenters. The Bertz CT molecular complexity index is 515. The van der Waals surface area contributed by atoms with Crippen molar-refractivity contribution in [1.82, 2.24) is 10.2 Å². The van der Waals surface area contributed by atoms with E-state index in [9.17, 15) is 9.59 Å². The first-order chi connectivity index (χ1) is 9.72. The monoisotopic (exact) mass is 272 g/mol. The molecular formula is C16H20N2O2. The average molecular weight is 272 g/mol. The van der Waals surface area contributed by atoms with Gasteiger partial charge in [-0.05, 0) is 37.9 Å². The molecule has 4 heteroatoms. The van der Waals surface area contributed by atoms with Crippen LogP contribution < -0.4 is 5.32 Å². The summed E-state index contributed by atoms with van der Waals surface area (Å²) < 4.78 is 0. The van der Waals surface area contributed by atoms with Crippen LogP contribution in [0.5, 0.6) is 0 Å². The molecule has 1 aliphatic heterocycles. The van der Waals surface area contributed by atoms with E-state index in [4.69, 9.17) is 0 Å². The average Bonchev–Trinajstić information content (AvgIpc) is 2.49. The highest BCUT2D eigenvalue weighted by Gasteiger charge is 2.16. The fourth-order valence-corrected chi connectivity index (χ4v) is 2.32. The van der Waals surface area contributed by atoms with Crippen LogP contribution in [0.1, 0.15) is 28.8 Å². The number of carbonyl (C=O) groups is 2. The molecule has 0 spiro atoms. The van der Waals surface area contributed by atoms with Crippen molar-refractivity contribution in [3.05, 3.63) is 47.0 Å². The van der Waals surface area contributed by atoms with Crippen molar-refractivity contribution in [3.63, 3.8) is 0 Å². The van der Waals surface area contributed by atoms with E-state index < -0.39 is 0 Å². The van der Waals surface area contributed by atoms with E-state index in [0.717, 1.165) is 31.5 Å². The van der Waals surface area contributed by atoms with Crippen molar-refractivity contribution in [2.45, 2.75) is 19.8 Å². The number of nitrogens with one attached hydrogen (secondary N) is 1. The SMILES string of the molecule is Cc1ccccc1C(=O)N(C=O)C/C=C1\CCCNC1. The van der Waals surface area contributed by atoms with E-state index in [2.05, 4.69) is 5.32 Å². The Morgan fingerprint density at radius 3 is 2.85 bits per heavy atom. The molecule has 1 heterocycles. The van der Waals surface area contributed by atoms with Crippen LogP contribution in [0.25, 0.3) is 0 Å². The summed E-state index contributed by atoms with van der Waals surface area (Å²) in [5.41, 5.74) is 2.73. The summed E-state index contributed by atoms with van der Waals surface area (Å²) in [7, 11) is 0. The van der Waals surface area contributed by atoms with Gasteiger partial charge in [0.15, 0.2) is 0 Å². The lowest BCUT2D eigenvalue weighted by Gasteiger charge is -2.18. The highest BCUT2D eigenvalue weighted by atomic mass is 16.2. The quantitative estimate of drug-likeness (QED) is 0.673. The largest absolute Gasteiger partial charge is 0.313 e. The zero-order valence-electron chi connectivity index (χ0n) is 11.8. The van der Waals surface area contributed by atoms with Gasteiger partial charge in [0, 0.05) is 18.7 Å². The number of hydrogen-bond donors (Lipinski definition) is 1. The molecule has 2 rings (SSSR count). The summed E-state index contributed by atoms with van der Waals surface area (Å²) in [6.07, 6.45) is 4.75. The summed E-state index contributed by atoms with van der Waals surface area (Å²) >= 11 is 0. The third-order valence-corrected chi connectivity index (χ3v) is 3.54. The smallest absolute Gasteiger partial charge is 0.260 e. The van der Waals surface area contributed by atoms with E-state index in [-0.39, 0.29) is 5.91 Å². The van der Waals surface area contributed by atoms with Gasteiger partial charge in [0.2, 0.25) is 6.41 Å². The van der Waals surface area contributed by atoms with Crippen molar-refractivity contribution >= 4 is 12.3 Å². The van der Waals surface area contributed by atoms with E-state index in [1.54, 1.807) is 6.07 Å². The van der Waals surface area contributed by atoms with Gasteiger partial charge >= 0.3 is 0 Å². The third kappa shape index (κ3) is 3.54. The molecule has 20 heavy (non-hydrogen) atoms. The Kier molecular flexibility index (Phi) is 5.07. The van der Waals surface area contributed by atoms with Gasteiger partial charge in [0.1, 0.15) is 0 Å². The minimum atomic E-state index is -0.237. The second-order valence-corrected chi connectivity index (χ2v) is 5.02. The normalized spacial score (nSPS) is 16.9. The molecule has 0 unspecified atom stereocenters. The van der Waals surface area contributed by atoms with Gasteiger partial charge in [-0.1, -0.05) is 29.8 Å². The van der Waals surface area contributed by atoms with Crippen LogP contribution >= 0.6 is 0 Å². The lowest BCUT2D eigenvalue weighted by Crippen LogP contribution is -2.31. The predicted molar refractivity (Wildman–Crippen MR) is 78.5 cm³/mol. The number of piperidine rings is 1. The number of imide groups is 1. The molecule has 2 amide bonds. The first-order valence-corrected chi connectivity index (χ1v) is 6.93. The summed E-state index contributed by atoms with van der Waals surface area (Å²) in [4.78, 5) is 24.7. The zero-order chi connectivity index (χ0) is 14.4. The number of hydrogen-bond acceptors (Lipinski definition) is 3. The number of amides is 2. The maximum atomic E-state index is 12.3. The van der Waals surface area contributed by atoms with Crippen LogP contribution in [0.15, 0.2) is 35.9 Å². The summed E-state index contributed by atoms with van der Waals surface area (Å²) in [5.74, 6) is -0.237. The van der Waals surface area contributed by atoms with Crippen LogP contribution in [0, 0.1) is 6.92 Å². The van der Waals surface area contributed by atoms with Gasteiger partial charge in [-0.25, -0.2) is 0 Å². The van der Waals surface area contributed by atoms with Crippen LogP contribution in [0.4, 0.5) is 0 Å². The molecule has 0 aliphatic carbocycles. The fraction of sp³-hybridized carbons (Fsp3) is 0.375. The molecule has 1 fully saturated rings. The highest BCUT2D eigenvalue weighted by molar-refractivity contribution is 6.01. The second-order valence-electron chi connectivity index (χ2n) is 5.02. The van der Waals surface area contributed by atoms with Gasteiger partial charge in [-0.3, -0.25) is 14.5 Å². The Morgan fingerprint density at radius 2 is 2.20 bits per heavy atom. The van der Waals surface area contributed by atoms with Crippen molar-refractivity contribution in [2.24, 2.45) is 0 Å². The van der Waals surface area contributed by atoms with Crippen molar-refractivity contribution in [1.29, 1.82) is 0 Å². The van der Waals surface area contributed by atoms with Crippen LogP contribution in [0.3, 0.4) is 0 Å². The van der Waals surface area contributed by atoms with Gasteiger partial charge in [-0.2, -0.15) is 0 Å². The standard InChI is InChI=1S/C16H20N2O2/c1-13-5-2-3-7-15(13)16(20)18(12-19)10-8-14-6-4-9-17-11-14/h2-3,5,7-8,12,17H,4,6,9-11H2,1H3/b14-8+. The molecule has 0 aromatic heterocycles. The van der Waals surface area contributed by atoms with Gasteiger partial charge in [0.05, 0.1) is 0 Å². The van der Waals surface area contributed by atoms with Crippen LogP contribution in [-0.2, 0) is 4.79 Å². The minimum Gasteiger partial charge on any atom is -0.313 e. The molecule has 1 N–H and O–H groups in total. The highest BCUT2D eigenvalue weighted by Crippen LogP contribution is 2.12. The van der Waals surface area contributed by atoms with E-state index in [1.807, 2.05) is 31.2 Å². The number of nitrogens with zero attached hydrogens (tertiary/aromatic N) is 1. The molecule has 0 saturated carbocycles. The molecule has 0 bridgehead atoms. The Labute approximate surface area is 119 Å². The molecule has 1 aliphatic rings. The molecule has 1 saturated heterocycles. The molecule has 106 valence electrons. The molecular weight excluding hydrogens is 252 g/mol. The van der Waals surface area contributed by atoms with Crippen LogP contribution in [0.2, 0.25) is 0 Å². The third-order valence-electron chi connectivity index (χ3n) is 3.54. The Balaban J connectivity index is 2.06. The van der Waals surface area contributed by atoms with Gasteiger partial charge in [-0.15, -0.1) is 0 Å². The summed E-state index contributed by atoms with van der Waals surface area (Å²) in [6, 6.07) is 7.32. The van der Waals surface area contributed by atoms with E-state index >= 15 is 0 Å².